The maximum absolute atomic E-state index is 9.95. The quantitative estimate of drug-likeness (QED) is 0.715. The molecule has 0 amide bonds. The molecular formula is C14H22O3. The maximum Gasteiger partial charge on any atom is 0.0899 e. The molecule has 0 aromatic heterocycles. The Hall–Kier alpha value is -0.900. The molecule has 96 valence electrons. The van der Waals surface area contributed by atoms with Gasteiger partial charge in [0.25, 0.3) is 0 Å². The lowest BCUT2D eigenvalue weighted by Crippen LogP contribution is -2.39. The fourth-order valence-electron chi connectivity index (χ4n) is 1.65. The third kappa shape index (κ3) is 4.86. The van der Waals surface area contributed by atoms with Gasteiger partial charge in [0.2, 0.25) is 0 Å². The zero-order valence-electron chi connectivity index (χ0n) is 10.6. The standard InChI is InChI=1S/C14H22O3/c1-3-13(15)14(2,16)9-10-17-11-12-7-5-4-6-8-12/h4-8,13,15-16H,3,9-11H2,1-2H3. The van der Waals surface area contributed by atoms with Crippen LogP contribution in [0.5, 0.6) is 0 Å². The summed E-state index contributed by atoms with van der Waals surface area (Å²) in [5.74, 6) is 0. The van der Waals surface area contributed by atoms with Crippen molar-refractivity contribution >= 4 is 0 Å². The van der Waals surface area contributed by atoms with Gasteiger partial charge in [-0.3, -0.25) is 0 Å². The predicted molar refractivity (Wildman–Crippen MR) is 67.6 cm³/mol. The zero-order valence-corrected chi connectivity index (χ0v) is 10.6. The van der Waals surface area contributed by atoms with E-state index in [0.29, 0.717) is 26.1 Å². The molecule has 0 aliphatic rings. The summed E-state index contributed by atoms with van der Waals surface area (Å²) < 4.78 is 5.48. The fourth-order valence-corrected chi connectivity index (χ4v) is 1.65. The predicted octanol–water partition coefficient (Wildman–Crippen LogP) is 2.12. The Labute approximate surface area is 103 Å². The molecule has 0 spiro atoms. The highest BCUT2D eigenvalue weighted by atomic mass is 16.5. The van der Waals surface area contributed by atoms with Crippen LogP contribution in [0.25, 0.3) is 0 Å². The third-order valence-electron chi connectivity index (χ3n) is 2.97. The molecule has 0 heterocycles. The minimum atomic E-state index is -1.06. The summed E-state index contributed by atoms with van der Waals surface area (Å²) >= 11 is 0. The minimum absolute atomic E-state index is 0.439. The first-order valence-electron chi connectivity index (χ1n) is 6.08. The Morgan fingerprint density at radius 3 is 2.53 bits per heavy atom. The van der Waals surface area contributed by atoms with Gasteiger partial charge >= 0.3 is 0 Å². The van der Waals surface area contributed by atoms with Crippen LogP contribution in [0.15, 0.2) is 30.3 Å². The van der Waals surface area contributed by atoms with Crippen molar-refractivity contribution in [3.05, 3.63) is 35.9 Å². The van der Waals surface area contributed by atoms with E-state index in [1.165, 1.54) is 0 Å². The number of hydrogen-bond donors (Lipinski definition) is 2. The molecule has 3 nitrogen and oxygen atoms in total. The summed E-state index contributed by atoms with van der Waals surface area (Å²) in [6, 6.07) is 9.90. The molecule has 1 aromatic carbocycles. The molecule has 2 N–H and O–H groups in total. The summed E-state index contributed by atoms with van der Waals surface area (Å²) in [4.78, 5) is 0. The molecule has 0 saturated heterocycles. The minimum Gasteiger partial charge on any atom is -0.390 e. The lowest BCUT2D eigenvalue weighted by Gasteiger charge is -2.28. The van der Waals surface area contributed by atoms with E-state index >= 15 is 0 Å². The molecule has 2 unspecified atom stereocenters. The molecule has 0 saturated carbocycles. The van der Waals surface area contributed by atoms with Gasteiger partial charge in [0.1, 0.15) is 0 Å². The van der Waals surface area contributed by atoms with Crippen LogP contribution in [-0.2, 0) is 11.3 Å². The van der Waals surface area contributed by atoms with Crippen LogP contribution >= 0.6 is 0 Å². The van der Waals surface area contributed by atoms with Crippen molar-refractivity contribution in [2.24, 2.45) is 0 Å². The van der Waals surface area contributed by atoms with Gasteiger partial charge in [-0.1, -0.05) is 37.3 Å². The van der Waals surface area contributed by atoms with Crippen LogP contribution in [0.2, 0.25) is 0 Å². The van der Waals surface area contributed by atoms with Crippen LogP contribution in [0.4, 0.5) is 0 Å². The van der Waals surface area contributed by atoms with Gasteiger partial charge in [-0.2, -0.15) is 0 Å². The number of rotatable bonds is 7. The largest absolute Gasteiger partial charge is 0.390 e. The first kappa shape index (κ1) is 14.2. The van der Waals surface area contributed by atoms with Crippen LogP contribution in [0, 0.1) is 0 Å². The lowest BCUT2D eigenvalue weighted by molar-refractivity contribution is -0.0816. The molecule has 0 aliphatic carbocycles. The van der Waals surface area contributed by atoms with Crippen molar-refractivity contribution in [3.63, 3.8) is 0 Å². The number of ether oxygens (including phenoxy) is 1. The first-order chi connectivity index (χ1) is 8.06. The van der Waals surface area contributed by atoms with E-state index in [0.717, 1.165) is 5.56 Å². The Morgan fingerprint density at radius 1 is 1.29 bits per heavy atom. The number of benzene rings is 1. The van der Waals surface area contributed by atoms with Crippen molar-refractivity contribution in [1.29, 1.82) is 0 Å². The van der Waals surface area contributed by atoms with Gasteiger partial charge < -0.3 is 14.9 Å². The van der Waals surface area contributed by atoms with Crippen LogP contribution in [0.3, 0.4) is 0 Å². The molecule has 3 heteroatoms. The van der Waals surface area contributed by atoms with E-state index in [4.69, 9.17) is 4.74 Å². The third-order valence-corrected chi connectivity index (χ3v) is 2.97. The van der Waals surface area contributed by atoms with E-state index in [1.54, 1.807) is 6.92 Å². The summed E-state index contributed by atoms with van der Waals surface area (Å²) in [7, 11) is 0. The fraction of sp³-hybridized carbons (Fsp3) is 0.571. The van der Waals surface area contributed by atoms with Crippen LogP contribution < -0.4 is 0 Å². The van der Waals surface area contributed by atoms with E-state index in [9.17, 15) is 10.2 Å². The van der Waals surface area contributed by atoms with Gasteiger partial charge in [-0.15, -0.1) is 0 Å². The highest BCUT2D eigenvalue weighted by molar-refractivity contribution is 5.13. The van der Waals surface area contributed by atoms with E-state index < -0.39 is 11.7 Å². The monoisotopic (exact) mass is 238 g/mol. The number of aliphatic hydroxyl groups is 2. The smallest absolute Gasteiger partial charge is 0.0899 e. The summed E-state index contributed by atoms with van der Waals surface area (Å²) in [5, 5.41) is 19.5. The Morgan fingerprint density at radius 2 is 1.94 bits per heavy atom. The molecule has 0 fully saturated rings. The Kier molecular flexibility index (Phi) is 5.62. The highest BCUT2D eigenvalue weighted by Gasteiger charge is 2.28. The first-order valence-corrected chi connectivity index (χ1v) is 6.08. The SMILES string of the molecule is CCC(O)C(C)(O)CCOCc1ccccc1. The van der Waals surface area contributed by atoms with Gasteiger partial charge in [-0.25, -0.2) is 0 Å². The topological polar surface area (TPSA) is 49.7 Å². The number of aliphatic hydroxyl groups excluding tert-OH is 1. The molecule has 1 rings (SSSR count). The van der Waals surface area contributed by atoms with Crippen molar-refractivity contribution in [3.8, 4) is 0 Å². The van der Waals surface area contributed by atoms with Gasteiger partial charge in [0.05, 0.1) is 18.3 Å². The van der Waals surface area contributed by atoms with Crippen LogP contribution in [-0.4, -0.2) is 28.5 Å². The van der Waals surface area contributed by atoms with Gasteiger partial charge in [-0.05, 0) is 18.9 Å². The second-order valence-electron chi connectivity index (χ2n) is 4.57. The molecule has 1 aromatic rings. The summed E-state index contributed by atoms with van der Waals surface area (Å²) in [6.45, 7) is 4.48. The average molecular weight is 238 g/mol. The molecule has 0 radical (unpaired) electrons. The summed E-state index contributed by atoms with van der Waals surface area (Å²) in [6.07, 6.45) is 0.295. The van der Waals surface area contributed by atoms with Crippen molar-refractivity contribution in [2.45, 2.75) is 45.0 Å². The average Bonchev–Trinajstić information content (AvgIpc) is 2.35. The second-order valence-corrected chi connectivity index (χ2v) is 4.57. The van der Waals surface area contributed by atoms with Crippen LogP contribution in [0.1, 0.15) is 32.3 Å². The molecule has 17 heavy (non-hydrogen) atoms. The van der Waals surface area contributed by atoms with Gasteiger partial charge in [0.15, 0.2) is 0 Å². The van der Waals surface area contributed by atoms with Crippen molar-refractivity contribution in [1.82, 2.24) is 0 Å². The van der Waals surface area contributed by atoms with E-state index in [1.807, 2.05) is 37.3 Å². The second kappa shape index (κ2) is 6.74. The molecule has 2 atom stereocenters. The molecular weight excluding hydrogens is 216 g/mol. The van der Waals surface area contributed by atoms with E-state index in [-0.39, 0.29) is 0 Å². The molecule has 0 bridgehead atoms. The van der Waals surface area contributed by atoms with Crippen molar-refractivity contribution < 1.29 is 14.9 Å². The summed E-state index contributed by atoms with van der Waals surface area (Å²) in [5.41, 5.74) is 0.0500. The van der Waals surface area contributed by atoms with E-state index in [2.05, 4.69) is 0 Å². The van der Waals surface area contributed by atoms with Crippen molar-refractivity contribution in [2.75, 3.05) is 6.61 Å². The van der Waals surface area contributed by atoms with Gasteiger partial charge in [0, 0.05) is 13.0 Å². The zero-order chi connectivity index (χ0) is 12.7. The Bertz CT molecular complexity index is 309. The normalized spacial score (nSPS) is 16.5. The highest BCUT2D eigenvalue weighted by Crippen LogP contribution is 2.17. The number of hydrogen-bond acceptors (Lipinski definition) is 3. The Balaban J connectivity index is 2.24. The molecule has 0 aliphatic heterocycles. The maximum atomic E-state index is 9.95. The lowest BCUT2D eigenvalue weighted by atomic mass is 9.94.